The Kier molecular flexibility index (Phi) is 4.88. The molecule has 1 saturated carbocycles. The van der Waals surface area contributed by atoms with Gasteiger partial charge >= 0.3 is 0 Å². The average Bonchev–Trinajstić information content (AvgIpc) is 2.98. The van der Waals surface area contributed by atoms with Gasteiger partial charge in [0.05, 0.1) is 21.3 Å². The average molecular weight is 278 g/mol. The maximum atomic E-state index is 12.4. The van der Waals surface area contributed by atoms with Crippen LogP contribution in [0.25, 0.3) is 0 Å². The van der Waals surface area contributed by atoms with Crippen molar-refractivity contribution in [3.63, 3.8) is 0 Å². The van der Waals surface area contributed by atoms with Crippen LogP contribution in [0, 0.1) is 5.92 Å². The Labute approximate surface area is 120 Å². The Hall–Kier alpha value is -1.71. The van der Waals surface area contributed by atoms with Gasteiger partial charge in [-0.3, -0.25) is 4.79 Å². The van der Waals surface area contributed by atoms with Gasteiger partial charge in [0.15, 0.2) is 17.3 Å². The summed E-state index contributed by atoms with van der Waals surface area (Å²) in [6.45, 7) is 0. The molecule has 1 aromatic rings. The third kappa shape index (κ3) is 3.06. The van der Waals surface area contributed by atoms with Gasteiger partial charge in [-0.05, 0) is 18.1 Å². The van der Waals surface area contributed by atoms with Crippen molar-refractivity contribution in [1.82, 2.24) is 0 Å². The summed E-state index contributed by atoms with van der Waals surface area (Å²) in [5.74, 6) is 2.26. The second-order valence-electron chi connectivity index (χ2n) is 5.19. The van der Waals surface area contributed by atoms with Crippen molar-refractivity contribution >= 4 is 5.78 Å². The standard InChI is InChI=1S/C16H22O4/c1-18-14-9-12(10-15(19-2)16(14)20-3)13(17)8-11-6-4-5-7-11/h9-11H,4-8H2,1-3H3. The lowest BCUT2D eigenvalue weighted by Crippen LogP contribution is -2.07. The number of ketones is 1. The van der Waals surface area contributed by atoms with Crippen LogP contribution in [0.15, 0.2) is 12.1 Å². The monoisotopic (exact) mass is 278 g/mol. The van der Waals surface area contributed by atoms with Crippen LogP contribution >= 0.6 is 0 Å². The molecular weight excluding hydrogens is 256 g/mol. The molecule has 0 aromatic heterocycles. The number of carbonyl (C=O) groups excluding carboxylic acids is 1. The minimum Gasteiger partial charge on any atom is -0.493 e. The highest BCUT2D eigenvalue weighted by Gasteiger charge is 2.22. The highest BCUT2D eigenvalue weighted by Crippen LogP contribution is 2.39. The number of ether oxygens (including phenoxy) is 3. The molecule has 0 bridgehead atoms. The van der Waals surface area contributed by atoms with E-state index in [2.05, 4.69) is 0 Å². The maximum Gasteiger partial charge on any atom is 0.203 e. The third-order valence-electron chi connectivity index (χ3n) is 3.94. The van der Waals surface area contributed by atoms with Gasteiger partial charge in [-0.15, -0.1) is 0 Å². The van der Waals surface area contributed by atoms with Gasteiger partial charge in [-0.25, -0.2) is 0 Å². The second kappa shape index (κ2) is 6.64. The quantitative estimate of drug-likeness (QED) is 0.747. The fourth-order valence-electron chi connectivity index (χ4n) is 2.84. The van der Waals surface area contributed by atoms with Crippen molar-refractivity contribution in [3.8, 4) is 17.2 Å². The molecule has 1 aromatic carbocycles. The van der Waals surface area contributed by atoms with E-state index in [1.54, 1.807) is 33.5 Å². The first-order valence-corrected chi connectivity index (χ1v) is 7.02. The number of carbonyl (C=O) groups is 1. The molecule has 1 fully saturated rings. The molecule has 0 saturated heterocycles. The van der Waals surface area contributed by atoms with E-state index in [-0.39, 0.29) is 5.78 Å². The summed E-state index contributed by atoms with van der Waals surface area (Å²) in [4.78, 5) is 12.4. The molecule has 0 atom stereocenters. The van der Waals surface area contributed by atoms with Crippen molar-refractivity contribution < 1.29 is 19.0 Å². The predicted molar refractivity (Wildman–Crippen MR) is 77.0 cm³/mol. The molecule has 1 aliphatic carbocycles. The van der Waals surface area contributed by atoms with Crippen LogP contribution in [-0.2, 0) is 0 Å². The molecule has 110 valence electrons. The summed E-state index contributed by atoms with van der Waals surface area (Å²) < 4.78 is 15.8. The molecule has 0 spiro atoms. The summed E-state index contributed by atoms with van der Waals surface area (Å²) in [6.07, 6.45) is 5.42. The van der Waals surface area contributed by atoms with E-state index < -0.39 is 0 Å². The van der Waals surface area contributed by atoms with E-state index in [9.17, 15) is 4.79 Å². The lowest BCUT2D eigenvalue weighted by atomic mass is 9.96. The minimum absolute atomic E-state index is 0.149. The molecule has 0 unspecified atom stereocenters. The molecule has 2 rings (SSSR count). The van der Waals surface area contributed by atoms with Gasteiger partial charge in [-0.2, -0.15) is 0 Å². The van der Waals surface area contributed by atoms with Gasteiger partial charge in [0, 0.05) is 12.0 Å². The molecule has 0 aliphatic heterocycles. The third-order valence-corrected chi connectivity index (χ3v) is 3.94. The van der Waals surface area contributed by atoms with E-state index in [0.29, 0.717) is 35.2 Å². The van der Waals surface area contributed by atoms with Crippen molar-refractivity contribution in [1.29, 1.82) is 0 Å². The van der Waals surface area contributed by atoms with Crippen LogP contribution in [0.1, 0.15) is 42.5 Å². The topological polar surface area (TPSA) is 44.8 Å². The molecule has 4 heteroatoms. The van der Waals surface area contributed by atoms with Crippen molar-refractivity contribution in [2.45, 2.75) is 32.1 Å². The Morgan fingerprint density at radius 2 is 1.60 bits per heavy atom. The summed E-state index contributed by atoms with van der Waals surface area (Å²) in [7, 11) is 4.67. The number of methoxy groups -OCH3 is 3. The van der Waals surface area contributed by atoms with Gasteiger partial charge in [0.2, 0.25) is 5.75 Å². The van der Waals surface area contributed by atoms with Crippen LogP contribution < -0.4 is 14.2 Å². The molecular formula is C16H22O4. The normalized spacial score (nSPS) is 15.2. The number of rotatable bonds is 6. The van der Waals surface area contributed by atoms with Crippen LogP contribution in [0.4, 0.5) is 0 Å². The molecule has 0 radical (unpaired) electrons. The van der Waals surface area contributed by atoms with Crippen LogP contribution in [-0.4, -0.2) is 27.1 Å². The van der Waals surface area contributed by atoms with Gasteiger partial charge in [0.25, 0.3) is 0 Å². The highest BCUT2D eigenvalue weighted by molar-refractivity contribution is 5.97. The van der Waals surface area contributed by atoms with Gasteiger partial charge in [0.1, 0.15) is 0 Å². The van der Waals surface area contributed by atoms with Gasteiger partial charge in [-0.1, -0.05) is 25.7 Å². The van der Waals surface area contributed by atoms with Gasteiger partial charge < -0.3 is 14.2 Å². The molecule has 0 amide bonds. The van der Waals surface area contributed by atoms with Crippen molar-refractivity contribution in [2.75, 3.05) is 21.3 Å². The smallest absolute Gasteiger partial charge is 0.203 e. The van der Waals surface area contributed by atoms with E-state index in [4.69, 9.17) is 14.2 Å². The fraction of sp³-hybridized carbons (Fsp3) is 0.562. The lowest BCUT2D eigenvalue weighted by Gasteiger charge is -2.14. The summed E-state index contributed by atoms with van der Waals surface area (Å²) >= 11 is 0. The summed E-state index contributed by atoms with van der Waals surface area (Å²) in [5.41, 5.74) is 0.631. The second-order valence-corrected chi connectivity index (χ2v) is 5.19. The molecule has 0 heterocycles. The van der Waals surface area contributed by atoms with E-state index in [1.807, 2.05) is 0 Å². The zero-order chi connectivity index (χ0) is 14.5. The minimum atomic E-state index is 0.149. The Morgan fingerprint density at radius 3 is 2.05 bits per heavy atom. The predicted octanol–water partition coefficient (Wildman–Crippen LogP) is 3.48. The maximum absolute atomic E-state index is 12.4. The van der Waals surface area contributed by atoms with E-state index in [0.717, 1.165) is 12.8 Å². The number of hydrogen-bond donors (Lipinski definition) is 0. The molecule has 1 aliphatic rings. The van der Waals surface area contributed by atoms with Crippen molar-refractivity contribution in [2.24, 2.45) is 5.92 Å². The first kappa shape index (κ1) is 14.7. The van der Waals surface area contributed by atoms with E-state index >= 15 is 0 Å². The molecule has 20 heavy (non-hydrogen) atoms. The fourth-order valence-corrected chi connectivity index (χ4v) is 2.84. The molecule has 0 N–H and O–H groups in total. The van der Waals surface area contributed by atoms with Crippen LogP contribution in [0.2, 0.25) is 0 Å². The Morgan fingerprint density at radius 1 is 1.05 bits per heavy atom. The zero-order valence-corrected chi connectivity index (χ0v) is 12.4. The summed E-state index contributed by atoms with van der Waals surface area (Å²) in [5, 5.41) is 0. The Balaban J connectivity index is 2.24. The lowest BCUT2D eigenvalue weighted by molar-refractivity contribution is 0.0961. The van der Waals surface area contributed by atoms with Crippen molar-refractivity contribution in [3.05, 3.63) is 17.7 Å². The number of Topliss-reactive ketones (excluding diaryl/α,β-unsaturated/α-hetero) is 1. The SMILES string of the molecule is COc1cc(C(=O)CC2CCCC2)cc(OC)c1OC. The largest absolute Gasteiger partial charge is 0.493 e. The first-order chi connectivity index (χ1) is 9.69. The van der Waals surface area contributed by atoms with Crippen LogP contribution in [0.3, 0.4) is 0 Å². The van der Waals surface area contributed by atoms with E-state index in [1.165, 1.54) is 12.8 Å². The Bertz CT molecular complexity index is 450. The first-order valence-electron chi connectivity index (χ1n) is 7.02. The number of benzene rings is 1. The highest BCUT2D eigenvalue weighted by atomic mass is 16.5. The molecule has 4 nitrogen and oxygen atoms in total. The number of hydrogen-bond acceptors (Lipinski definition) is 4. The zero-order valence-electron chi connectivity index (χ0n) is 12.4. The summed E-state index contributed by atoms with van der Waals surface area (Å²) in [6, 6.07) is 3.47. The van der Waals surface area contributed by atoms with Crippen LogP contribution in [0.5, 0.6) is 17.2 Å².